The summed E-state index contributed by atoms with van der Waals surface area (Å²) < 4.78 is 11.1. The Bertz CT molecular complexity index is 701. The van der Waals surface area contributed by atoms with Gasteiger partial charge >= 0.3 is 0 Å². The molecule has 0 saturated heterocycles. The number of nitrogens with one attached hydrogen (secondary N) is 1. The molecule has 0 aliphatic rings. The molecule has 0 bridgehead atoms. The Balaban J connectivity index is 1.85. The Morgan fingerprint density at radius 3 is 2.76 bits per heavy atom. The summed E-state index contributed by atoms with van der Waals surface area (Å²) in [7, 11) is 4.05. The summed E-state index contributed by atoms with van der Waals surface area (Å²) in [4.78, 5) is 2.27. The molecular formula is C17H20N2O2. The number of benzene rings is 1. The second-order valence-corrected chi connectivity index (χ2v) is 5.33. The van der Waals surface area contributed by atoms with Crippen LogP contribution in [0.3, 0.4) is 0 Å². The Morgan fingerprint density at radius 2 is 2.00 bits per heavy atom. The van der Waals surface area contributed by atoms with Crippen molar-refractivity contribution >= 4 is 11.0 Å². The van der Waals surface area contributed by atoms with Crippen LogP contribution < -0.4 is 5.32 Å². The number of furan rings is 2. The third-order valence-corrected chi connectivity index (χ3v) is 3.58. The first kappa shape index (κ1) is 13.9. The van der Waals surface area contributed by atoms with Gasteiger partial charge in [-0.15, -0.1) is 0 Å². The summed E-state index contributed by atoms with van der Waals surface area (Å²) in [5, 5.41) is 4.37. The van der Waals surface area contributed by atoms with Crippen molar-refractivity contribution in [1.29, 1.82) is 0 Å². The van der Waals surface area contributed by atoms with Gasteiger partial charge in [-0.25, -0.2) is 0 Å². The van der Waals surface area contributed by atoms with Crippen molar-refractivity contribution in [3.8, 4) is 0 Å². The Hall–Kier alpha value is -2.04. The molecule has 2 heterocycles. The van der Waals surface area contributed by atoms with E-state index >= 15 is 0 Å². The Kier molecular flexibility index (Phi) is 4.08. The number of para-hydroxylation sites is 1. The lowest BCUT2D eigenvalue weighted by atomic mass is 10.1. The Labute approximate surface area is 124 Å². The van der Waals surface area contributed by atoms with E-state index in [1.54, 1.807) is 12.5 Å². The predicted octanol–water partition coefficient (Wildman–Crippen LogP) is 3.38. The van der Waals surface area contributed by atoms with Gasteiger partial charge < -0.3 is 14.2 Å². The summed E-state index contributed by atoms with van der Waals surface area (Å²) in [6.07, 6.45) is 3.50. The van der Waals surface area contributed by atoms with Gasteiger partial charge in [0.1, 0.15) is 11.3 Å². The molecule has 0 saturated carbocycles. The van der Waals surface area contributed by atoms with Crippen molar-refractivity contribution in [2.45, 2.75) is 19.6 Å². The molecule has 2 aromatic heterocycles. The van der Waals surface area contributed by atoms with E-state index in [0.29, 0.717) is 0 Å². The molecule has 0 amide bonds. The second kappa shape index (κ2) is 6.16. The van der Waals surface area contributed by atoms with E-state index in [4.69, 9.17) is 8.83 Å². The van der Waals surface area contributed by atoms with Crippen molar-refractivity contribution in [2.75, 3.05) is 14.1 Å². The molecule has 110 valence electrons. The lowest BCUT2D eigenvalue weighted by Gasteiger charge is -2.15. The maximum Gasteiger partial charge on any atom is 0.134 e. The van der Waals surface area contributed by atoms with Crippen LogP contribution in [0.25, 0.3) is 11.0 Å². The molecule has 0 fully saturated rings. The minimum Gasteiger partial charge on any atom is -0.472 e. The van der Waals surface area contributed by atoms with Gasteiger partial charge in [-0.1, -0.05) is 18.2 Å². The summed E-state index contributed by atoms with van der Waals surface area (Å²) in [5.41, 5.74) is 3.39. The molecule has 0 aliphatic carbocycles. The molecule has 21 heavy (non-hydrogen) atoms. The van der Waals surface area contributed by atoms with Crippen molar-refractivity contribution in [3.05, 3.63) is 59.7 Å². The molecule has 0 aliphatic heterocycles. The summed E-state index contributed by atoms with van der Waals surface area (Å²) in [6, 6.07) is 10.2. The zero-order valence-corrected chi connectivity index (χ0v) is 12.4. The highest BCUT2D eigenvalue weighted by molar-refractivity contribution is 5.82. The van der Waals surface area contributed by atoms with E-state index in [1.165, 1.54) is 16.5 Å². The number of hydrogen-bond acceptors (Lipinski definition) is 4. The van der Waals surface area contributed by atoms with Crippen LogP contribution in [-0.4, -0.2) is 19.0 Å². The molecule has 0 radical (unpaired) electrons. The van der Waals surface area contributed by atoms with Crippen molar-refractivity contribution in [3.63, 3.8) is 0 Å². The van der Waals surface area contributed by atoms with Crippen LogP contribution in [0.4, 0.5) is 0 Å². The molecule has 0 unspecified atom stereocenters. The van der Waals surface area contributed by atoms with Crippen LogP contribution in [-0.2, 0) is 19.6 Å². The van der Waals surface area contributed by atoms with E-state index in [2.05, 4.69) is 29.4 Å². The minimum absolute atomic E-state index is 0.740. The predicted molar refractivity (Wildman–Crippen MR) is 82.9 cm³/mol. The molecule has 1 N–H and O–H groups in total. The largest absolute Gasteiger partial charge is 0.472 e. The normalized spacial score (nSPS) is 11.6. The summed E-state index contributed by atoms with van der Waals surface area (Å²) in [5.74, 6) is 1.01. The monoisotopic (exact) mass is 284 g/mol. The summed E-state index contributed by atoms with van der Waals surface area (Å²) >= 11 is 0. The third kappa shape index (κ3) is 3.01. The fourth-order valence-electron chi connectivity index (χ4n) is 2.65. The molecule has 0 atom stereocenters. The van der Waals surface area contributed by atoms with E-state index in [9.17, 15) is 0 Å². The van der Waals surface area contributed by atoms with Gasteiger partial charge in [-0.2, -0.15) is 0 Å². The first-order chi connectivity index (χ1) is 10.3. The van der Waals surface area contributed by atoms with Crippen LogP contribution in [0, 0.1) is 0 Å². The van der Waals surface area contributed by atoms with E-state index < -0.39 is 0 Å². The van der Waals surface area contributed by atoms with Gasteiger partial charge in [-0.3, -0.25) is 4.90 Å². The fraction of sp³-hybridized carbons (Fsp3) is 0.294. The first-order valence-electron chi connectivity index (χ1n) is 7.11. The van der Waals surface area contributed by atoms with E-state index in [0.717, 1.165) is 31.0 Å². The first-order valence-corrected chi connectivity index (χ1v) is 7.11. The lowest BCUT2D eigenvalue weighted by molar-refractivity contribution is 0.315. The maximum atomic E-state index is 5.97. The minimum atomic E-state index is 0.740. The standard InChI is InChI=1S/C17H20N2O2/c1-18-9-17-15(14-5-3-4-6-16(14)21-17)11-19(2)10-13-7-8-20-12-13/h3-8,12,18H,9-11H2,1-2H3. The van der Waals surface area contributed by atoms with Crippen molar-refractivity contribution in [2.24, 2.45) is 0 Å². The topological polar surface area (TPSA) is 41.6 Å². The zero-order chi connectivity index (χ0) is 14.7. The van der Waals surface area contributed by atoms with Crippen LogP contribution in [0.5, 0.6) is 0 Å². The van der Waals surface area contributed by atoms with Crippen LogP contribution in [0.15, 0.2) is 51.7 Å². The molecule has 3 rings (SSSR count). The van der Waals surface area contributed by atoms with Crippen molar-refractivity contribution < 1.29 is 8.83 Å². The van der Waals surface area contributed by atoms with Crippen LogP contribution in [0.1, 0.15) is 16.9 Å². The highest BCUT2D eigenvalue weighted by Gasteiger charge is 2.15. The average molecular weight is 284 g/mol. The highest BCUT2D eigenvalue weighted by Crippen LogP contribution is 2.27. The quantitative estimate of drug-likeness (QED) is 0.753. The molecular weight excluding hydrogens is 264 g/mol. The second-order valence-electron chi connectivity index (χ2n) is 5.33. The van der Waals surface area contributed by atoms with Gasteiger partial charge in [0, 0.05) is 29.6 Å². The fourth-order valence-corrected chi connectivity index (χ4v) is 2.65. The van der Waals surface area contributed by atoms with Gasteiger partial charge in [0.25, 0.3) is 0 Å². The van der Waals surface area contributed by atoms with E-state index in [1.807, 2.05) is 25.2 Å². The average Bonchev–Trinajstić information content (AvgIpc) is 3.08. The van der Waals surface area contributed by atoms with Crippen LogP contribution in [0.2, 0.25) is 0 Å². The highest BCUT2D eigenvalue weighted by atomic mass is 16.3. The number of rotatable bonds is 6. The number of nitrogens with zero attached hydrogens (tertiary/aromatic N) is 1. The lowest BCUT2D eigenvalue weighted by Crippen LogP contribution is -2.18. The molecule has 4 heteroatoms. The molecule has 0 spiro atoms. The number of fused-ring (bicyclic) bond motifs is 1. The summed E-state index contributed by atoms with van der Waals surface area (Å²) in [6.45, 7) is 2.44. The Morgan fingerprint density at radius 1 is 1.14 bits per heavy atom. The van der Waals surface area contributed by atoms with Crippen molar-refractivity contribution in [1.82, 2.24) is 10.2 Å². The van der Waals surface area contributed by atoms with Gasteiger partial charge in [0.05, 0.1) is 19.1 Å². The molecule has 3 aromatic rings. The molecule has 4 nitrogen and oxygen atoms in total. The van der Waals surface area contributed by atoms with E-state index in [-0.39, 0.29) is 0 Å². The SMILES string of the molecule is CNCc1oc2ccccc2c1CN(C)Cc1ccoc1. The van der Waals surface area contributed by atoms with Gasteiger partial charge in [0.15, 0.2) is 0 Å². The smallest absolute Gasteiger partial charge is 0.134 e. The molecule has 1 aromatic carbocycles. The number of hydrogen-bond donors (Lipinski definition) is 1. The zero-order valence-electron chi connectivity index (χ0n) is 12.4. The van der Waals surface area contributed by atoms with Gasteiger partial charge in [0.2, 0.25) is 0 Å². The van der Waals surface area contributed by atoms with Crippen LogP contribution >= 0.6 is 0 Å². The maximum absolute atomic E-state index is 5.97. The van der Waals surface area contributed by atoms with Gasteiger partial charge in [-0.05, 0) is 26.2 Å². The third-order valence-electron chi connectivity index (χ3n) is 3.58.